The molecule has 0 aliphatic carbocycles. The number of carbonyl (C=O) groups is 1. The normalized spacial score (nSPS) is 19.1. The van der Waals surface area contributed by atoms with Gasteiger partial charge in [-0.25, -0.2) is 9.78 Å². The number of pyridine rings is 2. The summed E-state index contributed by atoms with van der Waals surface area (Å²) in [5, 5.41) is 11.9. The first kappa shape index (κ1) is 19.8. The number of esters is 1. The van der Waals surface area contributed by atoms with E-state index in [1.165, 1.54) is 0 Å². The summed E-state index contributed by atoms with van der Waals surface area (Å²) in [6.45, 7) is 4.09. The average molecular weight is 419 g/mol. The molecule has 0 spiro atoms. The molecule has 4 heterocycles. The molecule has 0 radical (unpaired) electrons. The van der Waals surface area contributed by atoms with Crippen LogP contribution in [-0.4, -0.2) is 20.6 Å². The van der Waals surface area contributed by atoms with Crippen LogP contribution in [0.1, 0.15) is 55.4 Å². The molecule has 1 atom stereocenters. The summed E-state index contributed by atoms with van der Waals surface area (Å²) in [6.07, 6.45) is 3.15. The van der Waals surface area contributed by atoms with Crippen molar-refractivity contribution >= 4 is 22.6 Å². The highest BCUT2D eigenvalue weighted by Gasteiger charge is 2.45. The number of aryl methyl sites for hydroxylation is 1. The van der Waals surface area contributed by atoms with Crippen molar-refractivity contribution in [3.8, 4) is 11.4 Å². The van der Waals surface area contributed by atoms with Crippen LogP contribution in [0, 0.1) is 0 Å². The molecular weight excluding hydrogens is 394 g/mol. The second kappa shape index (κ2) is 6.92. The number of nitrogen functional groups attached to an aromatic ring is 1. The SMILES string of the molecule is CCCCc1ccc(N)c2cc3c(nc12)-c1cc2c(c(=O)n1C3)COC(=O)[C@]2(O)CC. The summed E-state index contributed by atoms with van der Waals surface area (Å²) in [4.78, 5) is 30.5. The van der Waals surface area contributed by atoms with E-state index in [4.69, 9.17) is 15.5 Å². The summed E-state index contributed by atoms with van der Waals surface area (Å²) in [5.41, 5.74) is 9.68. The maximum atomic E-state index is 13.3. The first-order valence-corrected chi connectivity index (χ1v) is 10.8. The van der Waals surface area contributed by atoms with Crippen molar-refractivity contribution in [1.29, 1.82) is 0 Å². The summed E-state index contributed by atoms with van der Waals surface area (Å²) >= 11 is 0. The number of fused-ring (bicyclic) bond motifs is 5. The second-order valence-corrected chi connectivity index (χ2v) is 8.41. The minimum Gasteiger partial charge on any atom is -0.458 e. The Labute approximate surface area is 179 Å². The molecule has 5 rings (SSSR count). The highest BCUT2D eigenvalue weighted by molar-refractivity contribution is 5.95. The van der Waals surface area contributed by atoms with Crippen LogP contribution in [0.25, 0.3) is 22.3 Å². The molecule has 7 heteroatoms. The Balaban J connectivity index is 1.76. The number of aliphatic hydroxyl groups is 1. The Hall–Kier alpha value is -3.19. The lowest BCUT2D eigenvalue weighted by Crippen LogP contribution is -2.44. The van der Waals surface area contributed by atoms with E-state index >= 15 is 0 Å². The Bertz CT molecular complexity index is 1310. The highest BCUT2D eigenvalue weighted by atomic mass is 16.6. The van der Waals surface area contributed by atoms with Gasteiger partial charge in [-0.15, -0.1) is 0 Å². The standard InChI is InChI=1S/C24H25N3O4/c1-3-5-6-13-7-8-18(25)15-9-14-11-27-19(21(14)26-20(13)15)10-17-16(22(27)28)12-31-23(29)24(17,30)4-2/h7-10,30H,3-6,11-12,25H2,1-2H3/t24-/m0/s1. The number of aromatic nitrogens is 2. The van der Waals surface area contributed by atoms with Crippen molar-refractivity contribution in [2.45, 2.75) is 58.3 Å². The van der Waals surface area contributed by atoms with Crippen molar-refractivity contribution in [2.24, 2.45) is 0 Å². The van der Waals surface area contributed by atoms with Gasteiger partial charge in [-0.2, -0.15) is 0 Å². The number of nitrogens with two attached hydrogens (primary N) is 1. The molecule has 0 bridgehead atoms. The van der Waals surface area contributed by atoms with Gasteiger partial charge in [0.1, 0.15) is 6.61 Å². The number of unbranched alkanes of at least 4 members (excludes halogenated alkanes) is 1. The van der Waals surface area contributed by atoms with Crippen molar-refractivity contribution in [1.82, 2.24) is 9.55 Å². The molecular formula is C24H25N3O4. The van der Waals surface area contributed by atoms with Crippen molar-refractivity contribution in [3.63, 3.8) is 0 Å². The monoisotopic (exact) mass is 419 g/mol. The van der Waals surface area contributed by atoms with Crippen LogP contribution in [0.15, 0.2) is 29.1 Å². The van der Waals surface area contributed by atoms with E-state index < -0.39 is 11.6 Å². The number of ether oxygens (including phenoxy) is 1. The van der Waals surface area contributed by atoms with E-state index in [1.807, 2.05) is 18.2 Å². The van der Waals surface area contributed by atoms with Crippen LogP contribution in [0.3, 0.4) is 0 Å². The van der Waals surface area contributed by atoms with Crippen LogP contribution in [0.4, 0.5) is 5.69 Å². The van der Waals surface area contributed by atoms with E-state index in [2.05, 4.69) is 6.92 Å². The molecule has 160 valence electrons. The first-order valence-electron chi connectivity index (χ1n) is 10.8. The van der Waals surface area contributed by atoms with E-state index in [9.17, 15) is 14.7 Å². The Kier molecular flexibility index (Phi) is 4.41. The zero-order valence-electron chi connectivity index (χ0n) is 17.7. The zero-order valence-corrected chi connectivity index (χ0v) is 17.7. The highest BCUT2D eigenvalue weighted by Crippen LogP contribution is 2.39. The molecule has 2 aliphatic heterocycles. The van der Waals surface area contributed by atoms with Gasteiger partial charge < -0.3 is 20.1 Å². The van der Waals surface area contributed by atoms with E-state index in [-0.39, 0.29) is 18.6 Å². The molecule has 0 amide bonds. The number of carbonyl (C=O) groups excluding carboxylic acids is 1. The van der Waals surface area contributed by atoms with Gasteiger partial charge >= 0.3 is 5.97 Å². The predicted molar refractivity (Wildman–Crippen MR) is 118 cm³/mol. The summed E-state index contributed by atoms with van der Waals surface area (Å²) in [6, 6.07) is 7.69. The second-order valence-electron chi connectivity index (χ2n) is 8.41. The van der Waals surface area contributed by atoms with Gasteiger partial charge in [-0.05, 0) is 43.0 Å². The molecule has 0 saturated carbocycles. The lowest BCUT2D eigenvalue weighted by Gasteiger charge is -2.31. The number of nitrogens with zero attached hydrogens (tertiary/aromatic N) is 2. The minimum absolute atomic E-state index is 0.122. The number of hydrogen-bond donors (Lipinski definition) is 2. The van der Waals surface area contributed by atoms with Crippen molar-refractivity contribution < 1.29 is 14.6 Å². The quantitative estimate of drug-likeness (QED) is 0.389. The van der Waals surface area contributed by atoms with E-state index in [0.717, 1.165) is 41.3 Å². The van der Waals surface area contributed by atoms with Gasteiger partial charge in [0.25, 0.3) is 5.56 Å². The lowest BCUT2D eigenvalue weighted by atomic mass is 9.86. The molecule has 3 N–H and O–H groups in total. The fraction of sp³-hybridized carbons (Fsp3) is 0.375. The maximum absolute atomic E-state index is 13.3. The Morgan fingerprint density at radius 1 is 1.26 bits per heavy atom. The molecule has 1 aromatic carbocycles. The number of rotatable bonds is 4. The summed E-state index contributed by atoms with van der Waals surface area (Å²) < 4.78 is 6.77. The minimum atomic E-state index is -1.82. The molecule has 0 unspecified atom stereocenters. The molecule has 0 fully saturated rings. The smallest absolute Gasteiger partial charge is 0.343 e. The number of cyclic esters (lactones) is 1. The van der Waals surface area contributed by atoms with Crippen molar-refractivity contribution in [2.75, 3.05) is 5.73 Å². The van der Waals surface area contributed by atoms with Gasteiger partial charge in [-0.1, -0.05) is 26.3 Å². The van der Waals surface area contributed by atoms with Crippen LogP contribution in [0.2, 0.25) is 0 Å². The van der Waals surface area contributed by atoms with E-state index in [1.54, 1.807) is 17.6 Å². The third-order valence-corrected chi connectivity index (χ3v) is 6.59. The fourth-order valence-electron chi connectivity index (χ4n) is 4.71. The Morgan fingerprint density at radius 3 is 2.81 bits per heavy atom. The van der Waals surface area contributed by atoms with Gasteiger partial charge in [0.2, 0.25) is 0 Å². The maximum Gasteiger partial charge on any atom is 0.343 e. The number of anilines is 1. The molecule has 3 aromatic rings. The van der Waals surface area contributed by atoms with Crippen LogP contribution < -0.4 is 11.3 Å². The molecule has 0 saturated heterocycles. The van der Waals surface area contributed by atoms with Crippen LogP contribution in [0.5, 0.6) is 0 Å². The molecule has 31 heavy (non-hydrogen) atoms. The molecule has 2 aromatic heterocycles. The van der Waals surface area contributed by atoms with Crippen LogP contribution in [-0.2, 0) is 34.7 Å². The Morgan fingerprint density at radius 2 is 2.06 bits per heavy atom. The third-order valence-electron chi connectivity index (χ3n) is 6.59. The third kappa shape index (κ3) is 2.73. The summed E-state index contributed by atoms with van der Waals surface area (Å²) in [7, 11) is 0. The average Bonchev–Trinajstić information content (AvgIpc) is 3.13. The molecule has 2 aliphatic rings. The van der Waals surface area contributed by atoms with Gasteiger partial charge in [0, 0.05) is 22.2 Å². The lowest BCUT2D eigenvalue weighted by molar-refractivity contribution is -0.172. The number of hydrogen-bond acceptors (Lipinski definition) is 6. The van der Waals surface area contributed by atoms with Gasteiger partial charge in [0.15, 0.2) is 5.60 Å². The topological polar surface area (TPSA) is 107 Å². The largest absolute Gasteiger partial charge is 0.458 e. The first-order chi connectivity index (χ1) is 14.9. The van der Waals surface area contributed by atoms with E-state index in [0.29, 0.717) is 34.7 Å². The number of benzene rings is 1. The van der Waals surface area contributed by atoms with Crippen LogP contribution >= 0.6 is 0 Å². The van der Waals surface area contributed by atoms with Gasteiger partial charge in [-0.3, -0.25) is 4.79 Å². The fourth-order valence-corrected chi connectivity index (χ4v) is 4.71. The van der Waals surface area contributed by atoms with Gasteiger partial charge in [0.05, 0.1) is 29.0 Å². The van der Waals surface area contributed by atoms with Crippen molar-refractivity contribution in [3.05, 3.63) is 56.9 Å². The zero-order chi connectivity index (χ0) is 21.9. The summed E-state index contributed by atoms with van der Waals surface area (Å²) in [5.74, 6) is -0.717. The molecule has 7 nitrogen and oxygen atoms in total. The predicted octanol–water partition coefficient (Wildman–Crippen LogP) is 3.00.